The van der Waals surface area contributed by atoms with E-state index in [9.17, 15) is 0 Å². The minimum atomic E-state index is 0.888. The third-order valence-electron chi connectivity index (χ3n) is 2.18. The summed E-state index contributed by atoms with van der Waals surface area (Å²) in [4.78, 5) is 0. The van der Waals surface area contributed by atoms with Crippen LogP contribution in [-0.2, 0) is 19.5 Å². The Labute approximate surface area is 72.0 Å². The lowest BCUT2D eigenvalue weighted by Crippen LogP contribution is -2.25. The maximum absolute atomic E-state index is 4.13. The van der Waals surface area contributed by atoms with Gasteiger partial charge in [0.25, 0.3) is 0 Å². The smallest absolute Gasteiger partial charge is 0.0997 e. The fourth-order valence-corrected chi connectivity index (χ4v) is 1.58. The van der Waals surface area contributed by atoms with E-state index in [4.69, 9.17) is 0 Å². The van der Waals surface area contributed by atoms with Crippen LogP contribution in [0, 0.1) is 0 Å². The van der Waals surface area contributed by atoms with Crippen molar-refractivity contribution in [2.24, 2.45) is 0 Å². The fourth-order valence-electron chi connectivity index (χ4n) is 1.58. The number of hydrogen-bond donors (Lipinski definition) is 1. The van der Waals surface area contributed by atoms with Gasteiger partial charge in [0, 0.05) is 26.1 Å². The summed E-state index contributed by atoms with van der Waals surface area (Å²) in [6.45, 7) is 5.11. The molecule has 4 heteroatoms. The highest BCUT2D eigenvalue weighted by Crippen LogP contribution is 2.10. The third-order valence-corrected chi connectivity index (χ3v) is 2.18. The molecule has 0 spiro atoms. The summed E-state index contributed by atoms with van der Waals surface area (Å²) in [5.41, 5.74) is 2.46. The molecule has 0 bridgehead atoms. The minimum absolute atomic E-state index is 0.888. The summed E-state index contributed by atoms with van der Waals surface area (Å²) in [6, 6.07) is 0. The zero-order valence-electron chi connectivity index (χ0n) is 7.38. The van der Waals surface area contributed by atoms with E-state index < -0.39 is 0 Å². The molecular weight excluding hydrogens is 152 g/mol. The Morgan fingerprint density at radius 1 is 1.58 bits per heavy atom. The largest absolute Gasteiger partial charge is 0.311 e. The number of fused-ring (bicyclic) bond motifs is 1. The van der Waals surface area contributed by atoms with Crippen molar-refractivity contribution in [3.63, 3.8) is 0 Å². The van der Waals surface area contributed by atoms with Crippen molar-refractivity contribution in [1.82, 2.24) is 20.3 Å². The Balaban J connectivity index is 2.25. The zero-order chi connectivity index (χ0) is 8.39. The third kappa shape index (κ3) is 1.22. The first kappa shape index (κ1) is 7.73. The zero-order valence-corrected chi connectivity index (χ0v) is 7.38. The van der Waals surface area contributed by atoms with E-state index in [0.29, 0.717) is 0 Å². The van der Waals surface area contributed by atoms with Crippen molar-refractivity contribution < 1.29 is 0 Å². The van der Waals surface area contributed by atoms with Crippen LogP contribution in [0.2, 0.25) is 0 Å². The van der Waals surface area contributed by atoms with E-state index >= 15 is 0 Å². The quantitative estimate of drug-likeness (QED) is 0.688. The van der Waals surface area contributed by atoms with Crippen LogP contribution in [0.3, 0.4) is 0 Å². The average molecular weight is 166 g/mol. The van der Waals surface area contributed by atoms with Crippen LogP contribution in [0.4, 0.5) is 0 Å². The molecule has 0 saturated heterocycles. The number of aromatic nitrogens is 3. The molecule has 2 heterocycles. The number of nitrogens with one attached hydrogen (secondary N) is 1. The molecule has 0 aliphatic carbocycles. The van der Waals surface area contributed by atoms with Crippen LogP contribution in [0.5, 0.6) is 0 Å². The van der Waals surface area contributed by atoms with Crippen LogP contribution >= 0.6 is 0 Å². The molecule has 4 nitrogen and oxygen atoms in total. The van der Waals surface area contributed by atoms with Gasteiger partial charge in [-0.05, 0) is 6.42 Å². The summed E-state index contributed by atoms with van der Waals surface area (Å²) < 4.78 is 2.04. The lowest BCUT2D eigenvalue weighted by Gasteiger charge is -2.12. The van der Waals surface area contributed by atoms with Crippen LogP contribution in [0.15, 0.2) is 0 Å². The van der Waals surface area contributed by atoms with Gasteiger partial charge in [-0.1, -0.05) is 12.1 Å². The summed E-state index contributed by atoms with van der Waals surface area (Å²) in [5.74, 6) is 0. The molecule has 0 saturated carbocycles. The van der Waals surface area contributed by atoms with E-state index in [1.165, 1.54) is 5.69 Å². The lowest BCUT2D eigenvalue weighted by molar-refractivity contribution is 0.539. The molecule has 1 N–H and O–H groups in total. The van der Waals surface area contributed by atoms with Crippen LogP contribution < -0.4 is 5.32 Å². The van der Waals surface area contributed by atoms with Gasteiger partial charge < -0.3 is 5.32 Å². The summed E-state index contributed by atoms with van der Waals surface area (Å²) in [6.07, 6.45) is 2.20. The molecule has 12 heavy (non-hydrogen) atoms. The van der Waals surface area contributed by atoms with E-state index in [1.54, 1.807) is 0 Å². The Morgan fingerprint density at radius 2 is 2.50 bits per heavy atom. The van der Waals surface area contributed by atoms with Crippen LogP contribution in [0.1, 0.15) is 24.7 Å². The predicted octanol–water partition coefficient (Wildman–Crippen LogP) is 0.334. The number of rotatable bonds is 2. The van der Waals surface area contributed by atoms with Gasteiger partial charge in [0.1, 0.15) is 0 Å². The highest BCUT2D eigenvalue weighted by Gasteiger charge is 2.15. The highest BCUT2D eigenvalue weighted by molar-refractivity contribution is 5.13. The van der Waals surface area contributed by atoms with Crippen molar-refractivity contribution in [1.29, 1.82) is 0 Å². The van der Waals surface area contributed by atoms with Crippen molar-refractivity contribution in [2.45, 2.75) is 32.9 Å². The van der Waals surface area contributed by atoms with E-state index in [-0.39, 0.29) is 0 Å². The molecule has 1 aliphatic heterocycles. The molecule has 1 aromatic rings. The molecule has 0 amide bonds. The molecule has 0 unspecified atom stereocenters. The SMILES string of the molecule is CCCn1nnc2c1CCNC2. The monoisotopic (exact) mass is 166 g/mol. The molecule has 2 rings (SSSR count). The number of nitrogens with zero attached hydrogens (tertiary/aromatic N) is 3. The first-order chi connectivity index (χ1) is 5.92. The molecule has 0 fully saturated rings. The van der Waals surface area contributed by atoms with E-state index in [2.05, 4.69) is 22.6 Å². The Morgan fingerprint density at radius 3 is 3.33 bits per heavy atom. The maximum Gasteiger partial charge on any atom is 0.0997 e. The van der Waals surface area contributed by atoms with Gasteiger partial charge >= 0.3 is 0 Å². The Hall–Kier alpha value is -0.900. The van der Waals surface area contributed by atoms with Crippen molar-refractivity contribution >= 4 is 0 Å². The van der Waals surface area contributed by atoms with Gasteiger partial charge in [-0.2, -0.15) is 0 Å². The maximum atomic E-state index is 4.13. The van der Waals surface area contributed by atoms with E-state index in [1.807, 2.05) is 4.68 Å². The standard InChI is InChI=1S/C8H14N4/c1-2-5-12-8-3-4-9-6-7(8)10-11-12/h9H,2-6H2,1H3. The van der Waals surface area contributed by atoms with Gasteiger partial charge in [-0.3, -0.25) is 0 Å². The van der Waals surface area contributed by atoms with Gasteiger partial charge in [0.05, 0.1) is 11.4 Å². The van der Waals surface area contributed by atoms with E-state index in [0.717, 1.165) is 38.2 Å². The average Bonchev–Trinajstić information content (AvgIpc) is 2.50. The van der Waals surface area contributed by atoms with Crippen LogP contribution in [-0.4, -0.2) is 21.5 Å². The molecule has 1 aromatic heterocycles. The second kappa shape index (κ2) is 3.23. The normalized spacial score (nSPS) is 16.1. The lowest BCUT2D eigenvalue weighted by atomic mass is 10.2. The first-order valence-electron chi connectivity index (χ1n) is 4.53. The number of aryl methyl sites for hydroxylation is 1. The van der Waals surface area contributed by atoms with Crippen molar-refractivity contribution in [2.75, 3.05) is 6.54 Å². The first-order valence-corrected chi connectivity index (χ1v) is 4.53. The van der Waals surface area contributed by atoms with Gasteiger partial charge in [0.2, 0.25) is 0 Å². The summed E-state index contributed by atoms with van der Waals surface area (Å²) in [7, 11) is 0. The Bertz CT molecular complexity index is 266. The summed E-state index contributed by atoms with van der Waals surface area (Å²) >= 11 is 0. The molecule has 66 valence electrons. The predicted molar refractivity (Wildman–Crippen MR) is 45.7 cm³/mol. The topological polar surface area (TPSA) is 42.7 Å². The highest BCUT2D eigenvalue weighted by atomic mass is 15.4. The van der Waals surface area contributed by atoms with Gasteiger partial charge in [0.15, 0.2) is 0 Å². The van der Waals surface area contributed by atoms with Gasteiger partial charge in [-0.15, -0.1) is 5.10 Å². The molecule has 0 atom stereocenters. The number of hydrogen-bond acceptors (Lipinski definition) is 3. The van der Waals surface area contributed by atoms with Crippen molar-refractivity contribution in [3.8, 4) is 0 Å². The molecule has 0 aromatic carbocycles. The fraction of sp³-hybridized carbons (Fsp3) is 0.750. The van der Waals surface area contributed by atoms with Crippen LogP contribution in [0.25, 0.3) is 0 Å². The summed E-state index contributed by atoms with van der Waals surface area (Å²) in [5, 5.41) is 11.5. The second-order valence-electron chi connectivity index (χ2n) is 3.13. The van der Waals surface area contributed by atoms with Gasteiger partial charge in [-0.25, -0.2) is 4.68 Å². The second-order valence-corrected chi connectivity index (χ2v) is 3.13. The Kier molecular flexibility index (Phi) is 2.08. The minimum Gasteiger partial charge on any atom is -0.311 e. The molecule has 1 aliphatic rings. The molecular formula is C8H14N4. The van der Waals surface area contributed by atoms with Crippen molar-refractivity contribution in [3.05, 3.63) is 11.4 Å². The molecule has 0 radical (unpaired) electrons.